The van der Waals surface area contributed by atoms with Gasteiger partial charge in [-0.25, -0.2) is 4.79 Å². The second kappa shape index (κ2) is 7.60. The monoisotopic (exact) mass is 425 g/mol. The van der Waals surface area contributed by atoms with Crippen LogP contribution in [0, 0.1) is 5.41 Å². The van der Waals surface area contributed by atoms with Crippen LogP contribution in [-0.2, 0) is 18.9 Å². The van der Waals surface area contributed by atoms with E-state index in [1.807, 2.05) is 31.2 Å². The Morgan fingerprint density at radius 1 is 1.06 bits per heavy atom. The van der Waals surface area contributed by atoms with Gasteiger partial charge in [-0.1, -0.05) is 55.5 Å². The highest BCUT2D eigenvalue weighted by Crippen LogP contribution is 2.44. The molecule has 3 heterocycles. The Balaban J connectivity index is 1.29. The molecular formula is C24H27NO6. The van der Waals surface area contributed by atoms with E-state index >= 15 is 0 Å². The molecule has 1 amide bonds. The summed E-state index contributed by atoms with van der Waals surface area (Å²) in [6.45, 7) is 5.04. The predicted molar refractivity (Wildman–Crippen MR) is 112 cm³/mol. The van der Waals surface area contributed by atoms with Crippen LogP contribution in [0.1, 0.15) is 30.9 Å². The number of aliphatic hydroxyl groups excluding tert-OH is 1. The maximum Gasteiger partial charge on any atom is 0.407 e. The number of ether oxygens (including phenoxy) is 4. The van der Waals surface area contributed by atoms with E-state index in [2.05, 4.69) is 29.6 Å². The molecule has 0 spiro atoms. The molecule has 0 radical (unpaired) electrons. The van der Waals surface area contributed by atoms with Gasteiger partial charge in [0.1, 0.15) is 12.6 Å². The van der Waals surface area contributed by atoms with Crippen molar-refractivity contribution in [2.24, 2.45) is 5.41 Å². The van der Waals surface area contributed by atoms with Crippen LogP contribution < -0.4 is 5.32 Å². The lowest BCUT2D eigenvalue weighted by atomic mass is 9.90. The zero-order valence-electron chi connectivity index (χ0n) is 17.7. The number of amides is 1. The van der Waals surface area contributed by atoms with Crippen molar-refractivity contribution in [1.82, 2.24) is 5.32 Å². The number of fused-ring (bicyclic) bond motifs is 6. The van der Waals surface area contributed by atoms with Crippen LogP contribution in [0.2, 0.25) is 0 Å². The van der Waals surface area contributed by atoms with E-state index in [4.69, 9.17) is 18.9 Å². The lowest BCUT2D eigenvalue weighted by Crippen LogP contribution is -2.69. The Morgan fingerprint density at radius 3 is 2.10 bits per heavy atom. The van der Waals surface area contributed by atoms with Crippen LogP contribution in [0.25, 0.3) is 11.1 Å². The summed E-state index contributed by atoms with van der Waals surface area (Å²) in [5.41, 5.74) is 4.38. The molecule has 3 aliphatic heterocycles. The standard InChI is InChI=1S/C24H27NO6/c1-15(26)21(24-29-12-23(2,13-30-24)14-31-24)25-22(27)28-11-20-18-9-5-3-7-16(18)17-8-4-6-10-19(17)20/h3-10,15,20-21,26H,11-14H2,1-2H3,(H,25,27)/t15-,21-,23?,24?/m0/s1. The first-order valence-electron chi connectivity index (χ1n) is 10.6. The van der Waals surface area contributed by atoms with Gasteiger partial charge in [-0.3, -0.25) is 0 Å². The first-order valence-corrected chi connectivity index (χ1v) is 10.6. The second-order valence-corrected chi connectivity index (χ2v) is 8.97. The van der Waals surface area contributed by atoms with Crippen LogP contribution >= 0.6 is 0 Å². The summed E-state index contributed by atoms with van der Waals surface area (Å²) in [4.78, 5) is 12.7. The van der Waals surface area contributed by atoms with Crippen molar-refractivity contribution in [2.75, 3.05) is 26.4 Å². The van der Waals surface area contributed by atoms with E-state index in [1.54, 1.807) is 6.92 Å². The molecule has 164 valence electrons. The van der Waals surface area contributed by atoms with Crippen LogP contribution in [0.4, 0.5) is 4.79 Å². The van der Waals surface area contributed by atoms with Crippen LogP contribution in [0.15, 0.2) is 48.5 Å². The zero-order chi connectivity index (χ0) is 21.6. The topological polar surface area (TPSA) is 86.3 Å². The SMILES string of the molecule is C[C@H](O)[C@H](NC(=O)OCC1c2ccccc2-c2ccccc21)C12OCC(C)(CO1)CO2. The smallest absolute Gasteiger partial charge is 0.407 e. The fraction of sp³-hybridized carbons (Fsp3) is 0.458. The molecule has 2 aromatic carbocycles. The minimum absolute atomic E-state index is 0.0462. The van der Waals surface area contributed by atoms with Gasteiger partial charge in [-0.05, 0) is 29.2 Å². The number of hydrogen-bond donors (Lipinski definition) is 2. The Hall–Kier alpha value is -2.45. The number of hydrogen-bond acceptors (Lipinski definition) is 6. The molecule has 0 aromatic heterocycles. The molecular weight excluding hydrogens is 398 g/mol. The van der Waals surface area contributed by atoms with Gasteiger partial charge >= 0.3 is 12.1 Å². The van der Waals surface area contributed by atoms with Gasteiger partial charge in [0, 0.05) is 11.3 Å². The maximum absolute atomic E-state index is 12.7. The summed E-state index contributed by atoms with van der Waals surface area (Å²) in [5, 5.41) is 13.0. The van der Waals surface area contributed by atoms with Crippen molar-refractivity contribution in [2.45, 2.75) is 37.9 Å². The van der Waals surface area contributed by atoms with Crippen LogP contribution in [0.3, 0.4) is 0 Å². The van der Waals surface area contributed by atoms with Crippen molar-refractivity contribution in [1.29, 1.82) is 0 Å². The average Bonchev–Trinajstić information content (AvgIpc) is 3.10. The Bertz CT molecular complexity index is 920. The molecule has 2 bridgehead atoms. The molecule has 31 heavy (non-hydrogen) atoms. The lowest BCUT2D eigenvalue weighted by molar-refractivity contribution is -0.477. The van der Waals surface area contributed by atoms with Crippen molar-refractivity contribution in [3.63, 3.8) is 0 Å². The van der Waals surface area contributed by atoms with Gasteiger partial charge in [0.2, 0.25) is 0 Å². The Labute approximate surface area is 181 Å². The highest BCUT2D eigenvalue weighted by molar-refractivity contribution is 5.79. The van der Waals surface area contributed by atoms with E-state index in [0.717, 1.165) is 22.3 Å². The van der Waals surface area contributed by atoms with Gasteiger partial charge in [0.15, 0.2) is 0 Å². The van der Waals surface area contributed by atoms with Gasteiger partial charge in [-0.15, -0.1) is 0 Å². The van der Waals surface area contributed by atoms with Gasteiger partial charge in [0.25, 0.3) is 0 Å². The third kappa shape index (κ3) is 3.51. The lowest BCUT2D eigenvalue weighted by Gasteiger charge is -2.53. The molecule has 2 atom stereocenters. The summed E-state index contributed by atoms with van der Waals surface area (Å²) in [6.07, 6.45) is -1.63. The first kappa shape index (κ1) is 20.5. The van der Waals surface area contributed by atoms with Crippen LogP contribution in [-0.4, -0.2) is 55.7 Å². The van der Waals surface area contributed by atoms with Crippen molar-refractivity contribution in [3.05, 3.63) is 59.7 Å². The molecule has 0 unspecified atom stereocenters. The summed E-state index contributed by atoms with van der Waals surface area (Å²) in [6, 6.07) is 15.4. The number of carbonyl (C=O) groups is 1. The quantitative estimate of drug-likeness (QED) is 0.766. The van der Waals surface area contributed by atoms with Crippen molar-refractivity contribution >= 4 is 6.09 Å². The van der Waals surface area contributed by atoms with Gasteiger partial charge < -0.3 is 29.4 Å². The minimum atomic E-state index is -1.50. The summed E-state index contributed by atoms with van der Waals surface area (Å²) in [7, 11) is 0. The summed E-state index contributed by atoms with van der Waals surface area (Å²) >= 11 is 0. The third-order valence-corrected chi connectivity index (χ3v) is 6.35. The fourth-order valence-corrected chi connectivity index (χ4v) is 4.62. The van der Waals surface area contributed by atoms with E-state index in [0.29, 0.717) is 19.8 Å². The van der Waals surface area contributed by atoms with E-state index < -0.39 is 24.2 Å². The summed E-state index contributed by atoms with van der Waals surface area (Å²) in [5.74, 6) is -1.55. The van der Waals surface area contributed by atoms with Gasteiger partial charge in [-0.2, -0.15) is 0 Å². The molecule has 2 N–H and O–H groups in total. The molecule has 7 nitrogen and oxygen atoms in total. The summed E-state index contributed by atoms with van der Waals surface area (Å²) < 4.78 is 23.0. The van der Waals surface area contributed by atoms with E-state index in [9.17, 15) is 9.90 Å². The number of nitrogens with one attached hydrogen (secondary N) is 1. The van der Waals surface area contributed by atoms with Gasteiger partial charge in [0.05, 0.1) is 25.9 Å². The molecule has 7 heteroatoms. The van der Waals surface area contributed by atoms with E-state index in [1.165, 1.54) is 0 Å². The molecule has 3 saturated heterocycles. The molecule has 0 saturated carbocycles. The molecule has 4 aliphatic rings. The average molecular weight is 425 g/mol. The number of carbonyl (C=O) groups excluding carboxylic acids is 1. The second-order valence-electron chi connectivity index (χ2n) is 8.97. The largest absolute Gasteiger partial charge is 0.449 e. The number of rotatable bonds is 5. The molecule has 6 rings (SSSR count). The van der Waals surface area contributed by atoms with Crippen molar-refractivity contribution < 1.29 is 28.8 Å². The minimum Gasteiger partial charge on any atom is -0.449 e. The first-order chi connectivity index (χ1) is 14.9. The highest BCUT2D eigenvalue weighted by Gasteiger charge is 2.57. The number of benzene rings is 2. The number of aliphatic hydroxyl groups is 1. The Morgan fingerprint density at radius 2 is 1.58 bits per heavy atom. The number of alkyl carbamates (subject to hydrolysis) is 1. The normalized spacial score (nSPS) is 28.5. The van der Waals surface area contributed by atoms with E-state index in [-0.39, 0.29) is 17.9 Å². The third-order valence-electron chi connectivity index (χ3n) is 6.35. The Kier molecular flexibility index (Phi) is 5.01. The van der Waals surface area contributed by atoms with Crippen molar-refractivity contribution in [3.8, 4) is 11.1 Å². The fourth-order valence-electron chi connectivity index (χ4n) is 4.62. The van der Waals surface area contributed by atoms with Crippen LogP contribution in [0.5, 0.6) is 0 Å². The maximum atomic E-state index is 12.7. The zero-order valence-corrected chi connectivity index (χ0v) is 17.7. The highest BCUT2D eigenvalue weighted by atomic mass is 16.9. The molecule has 2 aromatic rings. The predicted octanol–water partition coefficient (Wildman–Crippen LogP) is 3.01. The molecule has 1 aliphatic carbocycles. The molecule has 3 fully saturated rings.